The van der Waals surface area contributed by atoms with Crippen LogP contribution in [0.5, 0.6) is 0 Å². The first-order valence-corrected chi connectivity index (χ1v) is 6.26. The second-order valence-corrected chi connectivity index (χ2v) is 5.31. The van der Waals surface area contributed by atoms with Gasteiger partial charge in [0.2, 0.25) is 0 Å². The molecule has 2 rings (SSSR count). The van der Waals surface area contributed by atoms with E-state index in [0.29, 0.717) is 12.1 Å². The van der Waals surface area contributed by atoms with Crippen LogP contribution in [0.1, 0.15) is 33.1 Å². The van der Waals surface area contributed by atoms with Crippen LogP contribution in [0.4, 0.5) is 0 Å². The number of hydrogen-bond acceptors (Lipinski definition) is 2. The molecule has 0 aromatic heterocycles. The number of fused-ring (bicyclic) bond motifs is 2. The molecule has 1 saturated carbocycles. The van der Waals surface area contributed by atoms with E-state index in [-0.39, 0.29) is 6.61 Å². The minimum atomic E-state index is 0.289. The smallest absolute Gasteiger partial charge is 0.0445 e. The molecule has 2 bridgehead atoms. The zero-order valence-corrected chi connectivity index (χ0v) is 9.82. The molecule has 5 unspecified atom stereocenters. The van der Waals surface area contributed by atoms with Gasteiger partial charge in [-0.1, -0.05) is 12.2 Å². The Balaban J connectivity index is 1.81. The normalized spacial score (nSPS) is 37.1. The molecule has 2 heteroatoms. The van der Waals surface area contributed by atoms with Gasteiger partial charge in [-0.15, -0.1) is 0 Å². The molecule has 2 nitrogen and oxygen atoms in total. The van der Waals surface area contributed by atoms with E-state index in [1.807, 2.05) is 0 Å². The number of rotatable bonds is 5. The summed E-state index contributed by atoms with van der Waals surface area (Å²) in [6.07, 6.45) is 8.41. The van der Waals surface area contributed by atoms with E-state index in [4.69, 9.17) is 5.11 Å². The molecule has 2 aliphatic carbocycles. The highest BCUT2D eigenvalue weighted by Gasteiger charge is 2.38. The Kier molecular flexibility index (Phi) is 3.47. The highest BCUT2D eigenvalue weighted by atomic mass is 16.3. The summed E-state index contributed by atoms with van der Waals surface area (Å²) in [6.45, 7) is 4.75. The molecule has 0 spiro atoms. The molecule has 0 aromatic rings. The molecule has 15 heavy (non-hydrogen) atoms. The quantitative estimate of drug-likeness (QED) is 0.678. The van der Waals surface area contributed by atoms with Crippen molar-refractivity contribution in [1.29, 1.82) is 0 Å². The Bertz CT molecular complexity index is 239. The van der Waals surface area contributed by atoms with E-state index in [2.05, 4.69) is 31.3 Å². The van der Waals surface area contributed by atoms with Crippen LogP contribution in [-0.2, 0) is 0 Å². The molecule has 1 fully saturated rings. The third kappa shape index (κ3) is 2.43. The van der Waals surface area contributed by atoms with Gasteiger partial charge in [-0.25, -0.2) is 0 Å². The van der Waals surface area contributed by atoms with Gasteiger partial charge in [0.1, 0.15) is 0 Å². The summed E-state index contributed by atoms with van der Waals surface area (Å²) in [6, 6.07) is 1.03. The fourth-order valence-electron chi connectivity index (χ4n) is 3.25. The zero-order valence-electron chi connectivity index (χ0n) is 9.82. The monoisotopic (exact) mass is 209 g/mol. The van der Waals surface area contributed by atoms with E-state index in [1.165, 1.54) is 12.8 Å². The summed E-state index contributed by atoms with van der Waals surface area (Å²) < 4.78 is 0. The maximum atomic E-state index is 8.87. The number of allylic oxidation sites excluding steroid dienone is 2. The van der Waals surface area contributed by atoms with Crippen molar-refractivity contribution in [3.05, 3.63) is 12.2 Å². The molecular formula is C13H23NO. The average Bonchev–Trinajstić information content (AvgIpc) is 2.78. The first kappa shape index (κ1) is 11.2. The Hall–Kier alpha value is -0.340. The molecule has 86 valence electrons. The molecule has 2 N–H and O–H groups in total. The minimum absolute atomic E-state index is 0.289. The Morgan fingerprint density at radius 2 is 2.13 bits per heavy atom. The number of aliphatic hydroxyl groups excluding tert-OH is 1. The number of nitrogens with one attached hydrogen (secondary N) is 1. The number of hydrogen-bond donors (Lipinski definition) is 2. The fourth-order valence-corrected chi connectivity index (χ4v) is 3.25. The zero-order chi connectivity index (χ0) is 10.8. The summed E-state index contributed by atoms with van der Waals surface area (Å²) in [5.74, 6) is 2.50. The fraction of sp³-hybridized carbons (Fsp3) is 0.846. The molecular weight excluding hydrogens is 186 g/mol. The maximum Gasteiger partial charge on any atom is 0.0445 e. The summed E-state index contributed by atoms with van der Waals surface area (Å²) in [5.41, 5.74) is 0. The van der Waals surface area contributed by atoms with Gasteiger partial charge < -0.3 is 10.4 Å². The van der Waals surface area contributed by atoms with Crippen LogP contribution in [0.3, 0.4) is 0 Å². The van der Waals surface area contributed by atoms with Crippen molar-refractivity contribution in [3.8, 4) is 0 Å². The van der Waals surface area contributed by atoms with Gasteiger partial charge in [0.05, 0.1) is 0 Å². The first-order chi connectivity index (χ1) is 7.20. The Morgan fingerprint density at radius 3 is 2.67 bits per heavy atom. The van der Waals surface area contributed by atoms with Crippen molar-refractivity contribution in [3.63, 3.8) is 0 Å². The van der Waals surface area contributed by atoms with E-state index >= 15 is 0 Å². The Morgan fingerprint density at radius 1 is 1.33 bits per heavy atom. The van der Waals surface area contributed by atoms with Crippen LogP contribution in [0.25, 0.3) is 0 Å². The summed E-state index contributed by atoms with van der Waals surface area (Å²) in [4.78, 5) is 0. The van der Waals surface area contributed by atoms with Crippen molar-refractivity contribution in [1.82, 2.24) is 5.32 Å². The predicted octanol–water partition coefficient (Wildman–Crippen LogP) is 1.95. The molecule has 5 atom stereocenters. The van der Waals surface area contributed by atoms with E-state index < -0.39 is 0 Å². The minimum Gasteiger partial charge on any atom is -0.396 e. The van der Waals surface area contributed by atoms with Crippen LogP contribution in [0.15, 0.2) is 12.2 Å². The molecule has 0 amide bonds. The van der Waals surface area contributed by atoms with E-state index in [0.717, 1.165) is 24.2 Å². The first-order valence-electron chi connectivity index (χ1n) is 6.26. The standard InChI is InChI=1S/C13H23NO/c1-9(5-6-15)14-10(2)13-8-11-3-4-12(13)7-11/h3-4,9-15H,5-8H2,1-2H3. The lowest BCUT2D eigenvalue weighted by Crippen LogP contribution is -2.41. The second kappa shape index (κ2) is 4.67. The third-order valence-corrected chi connectivity index (χ3v) is 4.08. The highest BCUT2D eigenvalue weighted by Crippen LogP contribution is 2.44. The Labute approximate surface area is 92.8 Å². The lowest BCUT2D eigenvalue weighted by Gasteiger charge is -2.29. The molecule has 0 saturated heterocycles. The molecule has 2 aliphatic rings. The van der Waals surface area contributed by atoms with Crippen LogP contribution in [0.2, 0.25) is 0 Å². The van der Waals surface area contributed by atoms with Crippen LogP contribution in [0, 0.1) is 17.8 Å². The van der Waals surface area contributed by atoms with E-state index in [9.17, 15) is 0 Å². The predicted molar refractivity (Wildman–Crippen MR) is 62.6 cm³/mol. The van der Waals surface area contributed by atoms with Gasteiger partial charge in [-0.05, 0) is 50.9 Å². The third-order valence-electron chi connectivity index (χ3n) is 4.08. The van der Waals surface area contributed by atoms with Gasteiger partial charge in [-0.3, -0.25) is 0 Å². The molecule has 0 heterocycles. The topological polar surface area (TPSA) is 32.3 Å². The van der Waals surface area contributed by atoms with Gasteiger partial charge in [-0.2, -0.15) is 0 Å². The van der Waals surface area contributed by atoms with Crippen molar-refractivity contribution < 1.29 is 5.11 Å². The van der Waals surface area contributed by atoms with Crippen molar-refractivity contribution in [2.75, 3.05) is 6.61 Å². The van der Waals surface area contributed by atoms with Crippen LogP contribution >= 0.6 is 0 Å². The SMILES string of the molecule is CC(CCO)NC(C)C1CC2C=CC1C2. The van der Waals surface area contributed by atoms with Gasteiger partial charge in [0.25, 0.3) is 0 Å². The largest absolute Gasteiger partial charge is 0.396 e. The van der Waals surface area contributed by atoms with Crippen molar-refractivity contribution >= 4 is 0 Å². The summed E-state index contributed by atoms with van der Waals surface area (Å²) >= 11 is 0. The van der Waals surface area contributed by atoms with Crippen molar-refractivity contribution in [2.45, 2.75) is 45.2 Å². The maximum absolute atomic E-state index is 8.87. The van der Waals surface area contributed by atoms with E-state index in [1.54, 1.807) is 0 Å². The lowest BCUT2D eigenvalue weighted by atomic mass is 9.87. The van der Waals surface area contributed by atoms with Gasteiger partial charge in [0.15, 0.2) is 0 Å². The lowest BCUT2D eigenvalue weighted by molar-refractivity contribution is 0.245. The van der Waals surface area contributed by atoms with Crippen LogP contribution < -0.4 is 5.32 Å². The number of aliphatic hydroxyl groups is 1. The summed E-state index contributed by atoms with van der Waals surface area (Å²) in [7, 11) is 0. The van der Waals surface area contributed by atoms with Gasteiger partial charge >= 0.3 is 0 Å². The van der Waals surface area contributed by atoms with Gasteiger partial charge in [0, 0.05) is 18.7 Å². The van der Waals surface area contributed by atoms with Crippen LogP contribution in [-0.4, -0.2) is 23.8 Å². The summed E-state index contributed by atoms with van der Waals surface area (Å²) in [5, 5.41) is 12.5. The second-order valence-electron chi connectivity index (χ2n) is 5.31. The molecule has 0 radical (unpaired) electrons. The molecule has 0 aliphatic heterocycles. The molecule has 0 aromatic carbocycles. The highest BCUT2D eigenvalue weighted by molar-refractivity contribution is 5.11. The van der Waals surface area contributed by atoms with Crippen molar-refractivity contribution in [2.24, 2.45) is 17.8 Å². The average molecular weight is 209 g/mol.